The third kappa shape index (κ3) is 3.95. The van der Waals surface area contributed by atoms with Crippen molar-refractivity contribution < 1.29 is 19.0 Å². The van der Waals surface area contributed by atoms with Crippen molar-refractivity contribution in [3.63, 3.8) is 0 Å². The van der Waals surface area contributed by atoms with Crippen LogP contribution in [0.1, 0.15) is 12.5 Å². The number of benzene rings is 2. The van der Waals surface area contributed by atoms with Crippen molar-refractivity contribution in [2.24, 2.45) is 0 Å². The molecule has 0 unspecified atom stereocenters. The van der Waals surface area contributed by atoms with Crippen LogP contribution in [0.5, 0.6) is 17.2 Å². The van der Waals surface area contributed by atoms with Crippen molar-refractivity contribution in [1.29, 1.82) is 5.26 Å². The molecule has 1 N–H and O–H groups in total. The van der Waals surface area contributed by atoms with Gasteiger partial charge in [0.05, 0.1) is 16.7 Å². The van der Waals surface area contributed by atoms with E-state index in [1.165, 1.54) is 6.07 Å². The number of rotatable bonds is 4. The molecule has 1 heterocycles. The zero-order valence-electron chi connectivity index (χ0n) is 13.4. The highest BCUT2D eigenvalue weighted by Crippen LogP contribution is 2.32. The quantitative estimate of drug-likeness (QED) is 0.906. The van der Waals surface area contributed by atoms with Gasteiger partial charge in [0.25, 0.3) is 5.91 Å². The van der Waals surface area contributed by atoms with Gasteiger partial charge in [0.1, 0.15) is 19.0 Å². The van der Waals surface area contributed by atoms with Crippen molar-refractivity contribution in [1.82, 2.24) is 0 Å². The molecule has 0 aliphatic carbocycles. The Bertz CT molecular complexity index is 847. The summed E-state index contributed by atoms with van der Waals surface area (Å²) in [6.45, 7) is 2.60. The highest BCUT2D eigenvalue weighted by molar-refractivity contribution is 6.32. The largest absolute Gasteiger partial charge is 0.486 e. The summed E-state index contributed by atoms with van der Waals surface area (Å²) in [6.07, 6.45) is -0.779. The minimum Gasteiger partial charge on any atom is -0.486 e. The Balaban J connectivity index is 1.66. The second kappa shape index (κ2) is 7.32. The number of hydrogen-bond donors (Lipinski definition) is 1. The summed E-state index contributed by atoms with van der Waals surface area (Å²) >= 11 is 6.06. The first-order valence-electron chi connectivity index (χ1n) is 7.63. The summed E-state index contributed by atoms with van der Waals surface area (Å²) in [5.41, 5.74) is 1.00. The number of ether oxygens (including phenoxy) is 3. The molecule has 2 aromatic rings. The van der Waals surface area contributed by atoms with Crippen LogP contribution in [-0.4, -0.2) is 25.2 Å². The van der Waals surface area contributed by atoms with Gasteiger partial charge < -0.3 is 19.5 Å². The molecule has 0 fully saturated rings. The maximum atomic E-state index is 12.3. The number of carbonyl (C=O) groups excluding carboxylic acids is 1. The molecule has 128 valence electrons. The van der Waals surface area contributed by atoms with E-state index >= 15 is 0 Å². The van der Waals surface area contributed by atoms with Crippen molar-refractivity contribution in [2.45, 2.75) is 13.0 Å². The molecule has 1 amide bonds. The van der Waals surface area contributed by atoms with E-state index in [4.69, 9.17) is 31.1 Å². The Hall–Kier alpha value is -2.91. The molecular formula is C18H15ClN2O4. The number of amides is 1. The predicted octanol–water partition coefficient (Wildman–Crippen LogP) is 3.39. The first-order valence-corrected chi connectivity index (χ1v) is 8.01. The molecule has 0 saturated carbocycles. The highest BCUT2D eigenvalue weighted by Gasteiger charge is 2.18. The number of halogens is 1. The van der Waals surface area contributed by atoms with Crippen LogP contribution in [0.3, 0.4) is 0 Å². The summed E-state index contributed by atoms with van der Waals surface area (Å²) in [4.78, 5) is 12.3. The third-order valence-electron chi connectivity index (χ3n) is 3.54. The fourth-order valence-electron chi connectivity index (χ4n) is 2.27. The lowest BCUT2D eigenvalue weighted by atomic mass is 10.2. The van der Waals surface area contributed by atoms with Crippen LogP contribution in [-0.2, 0) is 4.79 Å². The Morgan fingerprint density at radius 3 is 2.72 bits per heavy atom. The standard InChI is InChI=1S/C18H15ClN2O4/c1-11(25-15-4-2-12(10-20)8-14(15)19)18(22)21-13-3-5-16-17(9-13)24-7-6-23-16/h2-5,8-9,11H,6-7H2,1H3,(H,21,22)/t11-/m1/s1. The molecule has 1 aliphatic heterocycles. The van der Waals surface area contributed by atoms with Crippen LogP contribution in [0.2, 0.25) is 5.02 Å². The van der Waals surface area contributed by atoms with Gasteiger partial charge in [-0.05, 0) is 37.3 Å². The van der Waals surface area contributed by atoms with E-state index in [0.29, 0.717) is 41.7 Å². The van der Waals surface area contributed by atoms with E-state index in [1.54, 1.807) is 37.3 Å². The van der Waals surface area contributed by atoms with E-state index in [-0.39, 0.29) is 10.9 Å². The smallest absolute Gasteiger partial charge is 0.265 e. The van der Waals surface area contributed by atoms with E-state index < -0.39 is 6.10 Å². The van der Waals surface area contributed by atoms with Crippen LogP contribution in [0.4, 0.5) is 5.69 Å². The average Bonchev–Trinajstić information content (AvgIpc) is 2.63. The summed E-state index contributed by atoms with van der Waals surface area (Å²) in [5, 5.41) is 11.9. The highest BCUT2D eigenvalue weighted by atomic mass is 35.5. The molecular weight excluding hydrogens is 344 g/mol. The van der Waals surface area contributed by atoms with E-state index in [1.807, 2.05) is 6.07 Å². The van der Waals surface area contributed by atoms with Gasteiger partial charge in [-0.1, -0.05) is 11.6 Å². The molecule has 7 heteroatoms. The number of nitriles is 1. The fourth-order valence-corrected chi connectivity index (χ4v) is 2.50. The van der Waals surface area contributed by atoms with Gasteiger partial charge in [0.15, 0.2) is 17.6 Å². The Labute approximate surface area is 149 Å². The van der Waals surface area contributed by atoms with Crippen molar-refractivity contribution in [3.05, 3.63) is 47.0 Å². The molecule has 3 rings (SSSR count). The number of nitrogens with one attached hydrogen (secondary N) is 1. The minimum atomic E-state index is -0.779. The predicted molar refractivity (Wildman–Crippen MR) is 92.3 cm³/mol. The van der Waals surface area contributed by atoms with Gasteiger partial charge in [0.2, 0.25) is 0 Å². The summed E-state index contributed by atoms with van der Waals surface area (Å²) in [7, 11) is 0. The van der Waals surface area contributed by atoms with Gasteiger partial charge in [-0.25, -0.2) is 0 Å². The van der Waals surface area contributed by atoms with Gasteiger partial charge in [-0.3, -0.25) is 4.79 Å². The average molecular weight is 359 g/mol. The lowest BCUT2D eigenvalue weighted by Crippen LogP contribution is -2.30. The second-order valence-corrected chi connectivity index (χ2v) is 5.77. The lowest BCUT2D eigenvalue weighted by Gasteiger charge is -2.20. The van der Waals surface area contributed by atoms with Crippen LogP contribution >= 0.6 is 11.6 Å². The Morgan fingerprint density at radius 1 is 1.24 bits per heavy atom. The monoisotopic (exact) mass is 358 g/mol. The summed E-state index contributed by atoms with van der Waals surface area (Å²) < 4.78 is 16.5. The van der Waals surface area contributed by atoms with Crippen molar-refractivity contribution in [3.8, 4) is 23.3 Å². The number of anilines is 1. The Kier molecular flexibility index (Phi) is 4.96. The fraction of sp³-hybridized carbons (Fsp3) is 0.222. The normalized spacial score (nSPS) is 13.5. The third-order valence-corrected chi connectivity index (χ3v) is 3.84. The van der Waals surface area contributed by atoms with Gasteiger partial charge >= 0.3 is 0 Å². The van der Waals surface area contributed by atoms with Gasteiger partial charge in [-0.15, -0.1) is 0 Å². The molecule has 6 nitrogen and oxygen atoms in total. The maximum Gasteiger partial charge on any atom is 0.265 e. The second-order valence-electron chi connectivity index (χ2n) is 5.36. The molecule has 2 aromatic carbocycles. The van der Waals surface area contributed by atoms with Crippen LogP contribution < -0.4 is 19.5 Å². The molecule has 0 saturated heterocycles. The molecule has 1 aliphatic rings. The molecule has 1 atom stereocenters. The van der Waals surface area contributed by atoms with Crippen LogP contribution in [0, 0.1) is 11.3 Å². The lowest BCUT2D eigenvalue weighted by molar-refractivity contribution is -0.122. The molecule has 25 heavy (non-hydrogen) atoms. The minimum absolute atomic E-state index is 0.276. The van der Waals surface area contributed by atoms with Crippen molar-refractivity contribution in [2.75, 3.05) is 18.5 Å². The summed E-state index contributed by atoms with van der Waals surface area (Å²) in [6, 6.07) is 11.8. The van der Waals surface area contributed by atoms with E-state index in [2.05, 4.69) is 5.32 Å². The number of hydrogen-bond acceptors (Lipinski definition) is 5. The van der Waals surface area contributed by atoms with E-state index in [9.17, 15) is 4.79 Å². The topological polar surface area (TPSA) is 80.6 Å². The molecule has 0 spiro atoms. The zero-order chi connectivity index (χ0) is 17.8. The Morgan fingerprint density at radius 2 is 2.00 bits per heavy atom. The zero-order valence-corrected chi connectivity index (χ0v) is 14.2. The van der Waals surface area contributed by atoms with Crippen LogP contribution in [0.15, 0.2) is 36.4 Å². The SMILES string of the molecule is C[C@@H](Oc1ccc(C#N)cc1Cl)C(=O)Nc1ccc2c(c1)OCCO2. The first kappa shape index (κ1) is 16.9. The van der Waals surface area contributed by atoms with Crippen LogP contribution in [0.25, 0.3) is 0 Å². The van der Waals surface area contributed by atoms with Crippen molar-refractivity contribution >= 4 is 23.2 Å². The van der Waals surface area contributed by atoms with E-state index in [0.717, 1.165) is 0 Å². The van der Waals surface area contributed by atoms with Gasteiger partial charge in [-0.2, -0.15) is 5.26 Å². The van der Waals surface area contributed by atoms with Gasteiger partial charge in [0, 0.05) is 11.8 Å². The maximum absolute atomic E-state index is 12.3. The number of nitrogens with zero attached hydrogens (tertiary/aromatic N) is 1. The molecule has 0 bridgehead atoms. The molecule has 0 aromatic heterocycles. The number of carbonyl (C=O) groups is 1. The summed E-state index contributed by atoms with van der Waals surface area (Å²) in [5.74, 6) is 1.24. The molecule has 0 radical (unpaired) electrons. The number of fused-ring (bicyclic) bond motifs is 1. The first-order chi connectivity index (χ1) is 12.1.